The molecular weight excluding hydrogens is 392 g/mol. The van der Waals surface area contributed by atoms with Crippen LogP contribution in [-0.2, 0) is 4.74 Å². The lowest BCUT2D eigenvalue weighted by Gasteiger charge is -2.08. The van der Waals surface area contributed by atoms with Crippen molar-refractivity contribution in [2.75, 3.05) is 12.4 Å². The number of rotatable bonds is 4. The third-order valence-corrected chi connectivity index (χ3v) is 4.06. The van der Waals surface area contributed by atoms with Crippen molar-refractivity contribution in [2.45, 2.75) is 0 Å². The number of carbonyl (C=O) groups is 2. The summed E-state index contributed by atoms with van der Waals surface area (Å²) in [6.07, 6.45) is 2.54. The standard InChI is InChI=1S/C19H12ClF2N3O3/c1-28-19(27)10-5-6-11(12(20)7-10)15-8-24-16(9-23-15)25-18(26)17-13(21)3-2-4-14(17)22/h2-9H,1H3,(H,24,25,26). The number of anilines is 1. The highest BCUT2D eigenvalue weighted by molar-refractivity contribution is 6.33. The minimum absolute atomic E-state index is 0.00120. The number of benzene rings is 2. The second-order valence-corrected chi connectivity index (χ2v) is 5.93. The smallest absolute Gasteiger partial charge is 0.337 e. The van der Waals surface area contributed by atoms with Gasteiger partial charge in [-0.25, -0.2) is 18.6 Å². The summed E-state index contributed by atoms with van der Waals surface area (Å²) < 4.78 is 32.0. The van der Waals surface area contributed by atoms with Gasteiger partial charge in [-0.3, -0.25) is 9.78 Å². The zero-order valence-electron chi connectivity index (χ0n) is 14.4. The van der Waals surface area contributed by atoms with E-state index < -0.39 is 29.1 Å². The molecule has 6 nitrogen and oxygen atoms in total. The number of ether oxygens (including phenoxy) is 1. The van der Waals surface area contributed by atoms with Gasteiger partial charge in [0.25, 0.3) is 5.91 Å². The molecule has 0 radical (unpaired) electrons. The van der Waals surface area contributed by atoms with Crippen LogP contribution < -0.4 is 5.32 Å². The molecule has 0 saturated heterocycles. The van der Waals surface area contributed by atoms with Crippen LogP contribution in [0.5, 0.6) is 0 Å². The molecule has 9 heteroatoms. The average Bonchev–Trinajstić information content (AvgIpc) is 2.68. The van der Waals surface area contributed by atoms with Crippen molar-refractivity contribution in [3.8, 4) is 11.3 Å². The Balaban J connectivity index is 1.80. The maximum Gasteiger partial charge on any atom is 0.337 e. The molecule has 1 heterocycles. The number of amides is 1. The summed E-state index contributed by atoms with van der Waals surface area (Å²) in [5.41, 5.74) is 0.436. The fraction of sp³-hybridized carbons (Fsp3) is 0.0526. The first-order valence-electron chi connectivity index (χ1n) is 7.86. The Labute approximate surface area is 163 Å². The molecule has 0 atom stereocenters. The molecule has 0 bridgehead atoms. The van der Waals surface area contributed by atoms with Crippen LogP contribution in [0.3, 0.4) is 0 Å². The van der Waals surface area contributed by atoms with Gasteiger partial charge in [-0.1, -0.05) is 23.7 Å². The van der Waals surface area contributed by atoms with Crippen molar-refractivity contribution in [3.63, 3.8) is 0 Å². The minimum Gasteiger partial charge on any atom is -0.465 e. The first-order chi connectivity index (χ1) is 13.4. The van der Waals surface area contributed by atoms with Crippen molar-refractivity contribution >= 4 is 29.3 Å². The van der Waals surface area contributed by atoms with Gasteiger partial charge in [-0.2, -0.15) is 0 Å². The first-order valence-corrected chi connectivity index (χ1v) is 8.24. The van der Waals surface area contributed by atoms with Crippen LogP contribution in [-0.4, -0.2) is 29.0 Å². The van der Waals surface area contributed by atoms with E-state index in [0.29, 0.717) is 11.3 Å². The fourth-order valence-electron chi connectivity index (χ4n) is 2.39. The molecule has 0 spiro atoms. The molecule has 28 heavy (non-hydrogen) atoms. The zero-order valence-corrected chi connectivity index (χ0v) is 15.1. The van der Waals surface area contributed by atoms with E-state index >= 15 is 0 Å². The van der Waals surface area contributed by atoms with Gasteiger partial charge in [0.1, 0.15) is 17.2 Å². The highest BCUT2D eigenvalue weighted by atomic mass is 35.5. The average molecular weight is 404 g/mol. The van der Waals surface area contributed by atoms with Crippen LogP contribution in [0.15, 0.2) is 48.8 Å². The molecule has 142 valence electrons. The normalized spacial score (nSPS) is 10.4. The van der Waals surface area contributed by atoms with Crippen molar-refractivity contribution in [3.05, 3.63) is 76.6 Å². The predicted molar refractivity (Wildman–Crippen MR) is 98.1 cm³/mol. The zero-order chi connectivity index (χ0) is 20.3. The highest BCUT2D eigenvalue weighted by Gasteiger charge is 2.18. The lowest BCUT2D eigenvalue weighted by molar-refractivity contribution is 0.0600. The molecule has 3 aromatic rings. The van der Waals surface area contributed by atoms with Gasteiger partial charge < -0.3 is 10.1 Å². The Morgan fingerprint density at radius 3 is 2.36 bits per heavy atom. The van der Waals surface area contributed by atoms with Gasteiger partial charge in [-0.15, -0.1) is 0 Å². The Morgan fingerprint density at radius 1 is 1.07 bits per heavy atom. The minimum atomic E-state index is -0.988. The SMILES string of the molecule is COC(=O)c1ccc(-c2cnc(NC(=O)c3c(F)cccc3F)cn2)c(Cl)c1. The largest absolute Gasteiger partial charge is 0.465 e. The molecule has 0 fully saturated rings. The molecule has 0 saturated carbocycles. The summed E-state index contributed by atoms with van der Waals surface area (Å²) in [6, 6.07) is 7.64. The monoisotopic (exact) mass is 403 g/mol. The van der Waals surface area contributed by atoms with Crippen molar-refractivity contribution in [1.29, 1.82) is 0 Å². The maximum atomic E-state index is 13.7. The number of hydrogen-bond acceptors (Lipinski definition) is 5. The van der Waals surface area contributed by atoms with Gasteiger partial charge in [0.2, 0.25) is 0 Å². The summed E-state index contributed by atoms with van der Waals surface area (Å²) in [5, 5.41) is 2.53. The van der Waals surface area contributed by atoms with Gasteiger partial charge in [0, 0.05) is 5.56 Å². The molecule has 1 aromatic heterocycles. The van der Waals surface area contributed by atoms with Crippen LogP contribution >= 0.6 is 11.6 Å². The van der Waals surface area contributed by atoms with Gasteiger partial charge in [-0.05, 0) is 24.3 Å². The van der Waals surface area contributed by atoms with Crippen LogP contribution in [0.25, 0.3) is 11.3 Å². The van der Waals surface area contributed by atoms with E-state index in [1.807, 2.05) is 0 Å². The Bertz CT molecular complexity index is 1040. The van der Waals surface area contributed by atoms with Crippen molar-refractivity contribution < 1.29 is 23.1 Å². The van der Waals surface area contributed by atoms with E-state index in [1.165, 1.54) is 31.6 Å². The number of esters is 1. The summed E-state index contributed by atoms with van der Waals surface area (Å²) in [4.78, 5) is 31.7. The van der Waals surface area contributed by atoms with E-state index in [9.17, 15) is 18.4 Å². The number of halogens is 3. The van der Waals surface area contributed by atoms with Crippen LogP contribution in [0, 0.1) is 11.6 Å². The van der Waals surface area contributed by atoms with E-state index in [1.54, 1.807) is 6.07 Å². The molecule has 2 aromatic carbocycles. The number of hydrogen-bond donors (Lipinski definition) is 1. The van der Waals surface area contributed by atoms with Crippen LogP contribution in [0.1, 0.15) is 20.7 Å². The molecule has 0 unspecified atom stereocenters. The second kappa shape index (κ2) is 8.10. The van der Waals surface area contributed by atoms with Crippen LogP contribution in [0.4, 0.5) is 14.6 Å². The van der Waals surface area contributed by atoms with E-state index in [2.05, 4.69) is 20.0 Å². The predicted octanol–water partition coefficient (Wildman–Crippen LogP) is 4.11. The molecule has 0 aliphatic carbocycles. The first kappa shape index (κ1) is 19.4. The Kier molecular flexibility index (Phi) is 5.60. The molecule has 0 aliphatic rings. The van der Waals surface area contributed by atoms with E-state index in [-0.39, 0.29) is 16.4 Å². The lowest BCUT2D eigenvalue weighted by Crippen LogP contribution is -2.16. The number of carbonyl (C=O) groups excluding carboxylic acids is 2. The topological polar surface area (TPSA) is 81.2 Å². The summed E-state index contributed by atoms with van der Waals surface area (Å²) in [5.74, 6) is -3.49. The third-order valence-electron chi connectivity index (χ3n) is 3.75. The van der Waals surface area contributed by atoms with Crippen molar-refractivity contribution in [1.82, 2.24) is 9.97 Å². The number of nitrogens with one attached hydrogen (secondary N) is 1. The van der Waals surface area contributed by atoms with Crippen LogP contribution in [0.2, 0.25) is 5.02 Å². The maximum absolute atomic E-state index is 13.7. The molecule has 1 amide bonds. The molecular formula is C19H12ClF2N3O3. The van der Waals surface area contributed by atoms with Gasteiger partial charge >= 0.3 is 5.97 Å². The Morgan fingerprint density at radius 2 is 1.79 bits per heavy atom. The third kappa shape index (κ3) is 3.96. The molecule has 1 N–H and O–H groups in total. The van der Waals surface area contributed by atoms with E-state index in [4.69, 9.17) is 11.6 Å². The Hall–Kier alpha value is -3.39. The number of nitrogens with zero attached hydrogens (tertiary/aromatic N) is 2. The van der Waals surface area contributed by atoms with Crippen molar-refractivity contribution in [2.24, 2.45) is 0 Å². The van der Waals surface area contributed by atoms with Gasteiger partial charge in [0.15, 0.2) is 5.82 Å². The summed E-state index contributed by atoms with van der Waals surface area (Å²) >= 11 is 6.18. The lowest BCUT2D eigenvalue weighted by atomic mass is 10.1. The fourth-order valence-corrected chi connectivity index (χ4v) is 2.67. The number of methoxy groups -OCH3 is 1. The van der Waals surface area contributed by atoms with Gasteiger partial charge in [0.05, 0.1) is 35.8 Å². The summed E-state index contributed by atoms with van der Waals surface area (Å²) in [7, 11) is 1.26. The van der Waals surface area contributed by atoms with E-state index in [0.717, 1.165) is 18.2 Å². The number of aromatic nitrogens is 2. The molecule has 0 aliphatic heterocycles. The quantitative estimate of drug-likeness (QED) is 0.663. The highest BCUT2D eigenvalue weighted by Crippen LogP contribution is 2.27. The molecule has 3 rings (SSSR count). The second-order valence-electron chi connectivity index (χ2n) is 5.52. The summed E-state index contributed by atoms with van der Waals surface area (Å²) in [6.45, 7) is 0.